The molecule has 1 heterocycles. The molecule has 14 rings (SSSR count). The normalized spacial score (nSPS) is 14.3. The van der Waals surface area contributed by atoms with Crippen LogP contribution in [0.1, 0.15) is 44.5 Å². The van der Waals surface area contributed by atoms with Crippen LogP contribution >= 0.6 is 0 Å². The fraction of sp³-hybridized carbons (Fsp3) is 0.0323. The quantitative estimate of drug-likeness (QED) is 0.168. The van der Waals surface area contributed by atoms with Crippen molar-refractivity contribution in [2.24, 2.45) is 0 Å². The van der Waals surface area contributed by atoms with E-state index < -0.39 is 10.8 Å². The van der Waals surface area contributed by atoms with E-state index in [1.54, 1.807) is 0 Å². The molecule has 0 bridgehead atoms. The molecule has 0 atom stereocenters. The maximum absolute atomic E-state index is 2.48. The van der Waals surface area contributed by atoms with E-state index in [-0.39, 0.29) is 0 Å². The summed E-state index contributed by atoms with van der Waals surface area (Å²) in [6, 6.07) is 89.1. The van der Waals surface area contributed by atoms with Gasteiger partial charge in [0.2, 0.25) is 0 Å². The fourth-order valence-electron chi connectivity index (χ4n) is 12.4. The summed E-state index contributed by atoms with van der Waals surface area (Å²) < 4.78 is 2.44. The Bertz CT molecular complexity index is 3590. The number of rotatable bonds is 3. The molecule has 0 saturated carbocycles. The molecule has 1 aromatic heterocycles. The lowest BCUT2D eigenvalue weighted by molar-refractivity contribution is 0.634. The van der Waals surface area contributed by atoms with Crippen molar-refractivity contribution in [2.45, 2.75) is 10.8 Å². The molecule has 0 aliphatic heterocycles. The van der Waals surface area contributed by atoms with Gasteiger partial charge in [0.05, 0.1) is 21.9 Å². The van der Waals surface area contributed by atoms with Gasteiger partial charge in [-0.25, -0.2) is 0 Å². The second kappa shape index (κ2) is 12.8. The van der Waals surface area contributed by atoms with Crippen molar-refractivity contribution in [1.29, 1.82) is 0 Å². The third-order valence-corrected chi connectivity index (χ3v) is 14.7. The molecule has 0 N–H and O–H groups in total. The van der Waals surface area contributed by atoms with Crippen LogP contribution in [0.5, 0.6) is 0 Å². The predicted molar refractivity (Wildman–Crippen MR) is 260 cm³/mol. The van der Waals surface area contributed by atoms with Gasteiger partial charge in [-0.3, -0.25) is 0 Å². The molecule has 0 fully saturated rings. The van der Waals surface area contributed by atoms with Gasteiger partial charge in [-0.05, 0) is 119 Å². The minimum atomic E-state index is -0.573. The van der Waals surface area contributed by atoms with Crippen LogP contribution in [0.15, 0.2) is 237 Å². The first-order valence-corrected chi connectivity index (χ1v) is 22.1. The van der Waals surface area contributed by atoms with Crippen molar-refractivity contribution in [3.8, 4) is 50.2 Å². The van der Waals surface area contributed by atoms with Gasteiger partial charge in [0.25, 0.3) is 0 Å². The van der Waals surface area contributed by atoms with Gasteiger partial charge in [0, 0.05) is 16.5 Å². The SMILES string of the molecule is c1ccc(-c2ccc(-n3c4ccccc4c4cc(-c5cccc6c5C5(c7ccccc7-c7ccccc75)c5ccccc5C65c6ccccc6-c6ccccc65)ccc43)cc2)cc1. The summed E-state index contributed by atoms with van der Waals surface area (Å²) in [7, 11) is 0. The number of nitrogens with zero attached hydrogens (tertiary/aromatic N) is 1. The van der Waals surface area contributed by atoms with E-state index >= 15 is 0 Å². The first kappa shape index (κ1) is 34.7. The van der Waals surface area contributed by atoms with Crippen LogP contribution < -0.4 is 0 Å². The molecule has 292 valence electrons. The molecule has 0 unspecified atom stereocenters. The molecule has 1 nitrogen and oxygen atoms in total. The number of hydrogen-bond donors (Lipinski definition) is 0. The van der Waals surface area contributed by atoms with Crippen LogP contribution in [-0.4, -0.2) is 4.57 Å². The number of para-hydroxylation sites is 1. The van der Waals surface area contributed by atoms with Crippen LogP contribution in [-0.2, 0) is 10.8 Å². The van der Waals surface area contributed by atoms with Gasteiger partial charge in [-0.2, -0.15) is 0 Å². The number of fused-ring (bicyclic) bond motifs is 19. The number of benzene rings is 10. The first-order valence-electron chi connectivity index (χ1n) is 22.1. The van der Waals surface area contributed by atoms with Crippen LogP contribution in [0.25, 0.3) is 72.0 Å². The largest absolute Gasteiger partial charge is 0.309 e. The van der Waals surface area contributed by atoms with Gasteiger partial charge >= 0.3 is 0 Å². The summed E-state index contributed by atoms with van der Waals surface area (Å²) >= 11 is 0. The van der Waals surface area contributed by atoms with Gasteiger partial charge in [-0.1, -0.05) is 206 Å². The van der Waals surface area contributed by atoms with Crippen molar-refractivity contribution in [3.63, 3.8) is 0 Å². The minimum absolute atomic E-state index is 0.529. The van der Waals surface area contributed by atoms with Gasteiger partial charge < -0.3 is 4.57 Å². The van der Waals surface area contributed by atoms with E-state index in [1.165, 1.54) is 111 Å². The molecule has 11 aromatic rings. The standard InChI is InChI=1S/C62H39N/c1-2-17-40(18-3-1)41-33-36-43(37-34-41)63-58-32-15-8-23-49(58)50-39-42(35-38-59(50)63)44-24-16-31-57-60(44)62(53-27-11-6-21-47(53)48-22-7-12-28-54(48)62)56-30-14-13-29-55(56)61(57)51-25-9-4-19-45(51)46-20-5-10-26-52(46)61/h1-39H. The zero-order chi connectivity index (χ0) is 41.3. The Kier molecular flexibility index (Phi) is 7.03. The van der Waals surface area contributed by atoms with Gasteiger partial charge in [0.15, 0.2) is 0 Å². The van der Waals surface area contributed by atoms with E-state index in [1.807, 2.05) is 0 Å². The van der Waals surface area contributed by atoms with E-state index in [0.717, 1.165) is 5.69 Å². The highest BCUT2D eigenvalue weighted by atomic mass is 15.0. The first-order chi connectivity index (χ1) is 31.3. The van der Waals surface area contributed by atoms with Crippen molar-refractivity contribution in [3.05, 3.63) is 281 Å². The molecule has 0 saturated heterocycles. The van der Waals surface area contributed by atoms with Crippen molar-refractivity contribution >= 4 is 21.8 Å². The third kappa shape index (κ3) is 4.36. The second-order valence-electron chi connectivity index (χ2n) is 17.5. The van der Waals surface area contributed by atoms with E-state index in [2.05, 4.69) is 241 Å². The molecular weight excluding hydrogens is 759 g/mol. The van der Waals surface area contributed by atoms with E-state index in [0.29, 0.717) is 0 Å². The lowest BCUT2D eigenvalue weighted by Gasteiger charge is -2.49. The van der Waals surface area contributed by atoms with E-state index in [4.69, 9.17) is 0 Å². The lowest BCUT2D eigenvalue weighted by Crippen LogP contribution is -2.44. The van der Waals surface area contributed by atoms with Crippen molar-refractivity contribution in [1.82, 2.24) is 4.57 Å². The molecule has 0 amide bonds. The van der Waals surface area contributed by atoms with Crippen LogP contribution in [0.3, 0.4) is 0 Å². The molecule has 2 spiro atoms. The Labute approximate surface area is 366 Å². The number of hydrogen-bond acceptors (Lipinski definition) is 0. The van der Waals surface area contributed by atoms with Crippen molar-refractivity contribution in [2.75, 3.05) is 0 Å². The molecule has 63 heavy (non-hydrogen) atoms. The monoisotopic (exact) mass is 797 g/mol. The lowest BCUT2D eigenvalue weighted by atomic mass is 9.51. The maximum atomic E-state index is 2.48. The highest BCUT2D eigenvalue weighted by Crippen LogP contribution is 2.68. The van der Waals surface area contributed by atoms with Crippen LogP contribution in [0.2, 0.25) is 0 Å². The summed E-state index contributed by atoms with van der Waals surface area (Å²) in [4.78, 5) is 0. The molecule has 10 aromatic carbocycles. The summed E-state index contributed by atoms with van der Waals surface area (Å²) in [6.07, 6.45) is 0. The fourth-order valence-corrected chi connectivity index (χ4v) is 12.4. The Morgan fingerprint density at radius 2 is 0.683 bits per heavy atom. The molecular formula is C62H39N. The number of aromatic nitrogens is 1. The maximum Gasteiger partial charge on any atom is 0.0725 e. The summed E-state index contributed by atoms with van der Waals surface area (Å²) in [5, 5.41) is 2.50. The highest BCUT2D eigenvalue weighted by molar-refractivity contribution is 6.11. The summed E-state index contributed by atoms with van der Waals surface area (Å²) in [5.41, 5.74) is 23.4. The minimum Gasteiger partial charge on any atom is -0.309 e. The predicted octanol–water partition coefficient (Wildman–Crippen LogP) is 15.2. The Hall–Kier alpha value is -8.00. The summed E-state index contributed by atoms with van der Waals surface area (Å²) in [6.45, 7) is 0. The Balaban J connectivity index is 1.09. The smallest absolute Gasteiger partial charge is 0.0725 e. The second-order valence-corrected chi connectivity index (χ2v) is 17.5. The third-order valence-electron chi connectivity index (χ3n) is 14.7. The van der Waals surface area contributed by atoms with Gasteiger partial charge in [0.1, 0.15) is 0 Å². The van der Waals surface area contributed by atoms with Crippen molar-refractivity contribution < 1.29 is 0 Å². The molecule has 3 aliphatic carbocycles. The molecule has 1 heteroatoms. The zero-order valence-corrected chi connectivity index (χ0v) is 34.5. The highest BCUT2D eigenvalue weighted by Gasteiger charge is 2.59. The Morgan fingerprint density at radius 1 is 0.254 bits per heavy atom. The van der Waals surface area contributed by atoms with Gasteiger partial charge in [-0.15, -0.1) is 0 Å². The topological polar surface area (TPSA) is 4.93 Å². The average Bonchev–Trinajstić information content (AvgIpc) is 3.96. The zero-order valence-electron chi connectivity index (χ0n) is 34.5. The van der Waals surface area contributed by atoms with Crippen LogP contribution in [0, 0.1) is 0 Å². The average molecular weight is 798 g/mol. The molecule has 0 radical (unpaired) electrons. The Morgan fingerprint density at radius 3 is 1.30 bits per heavy atom. The van der Waals surface area contributed by atoms with Crippen LogP contribution in [0.4, 0.5) is 0 Å². The summed E-state index contributed by atoms with van der Waals surface area (Å²) in [5.74, 6) is 0. The van der Waals surface area contributed by atoms with E-state index in [9.17, 15) is 0 Å². The molecule has 3 aliphatic rings.